The van der Waals surface area contributed by atoms with Crippen LogP contribution in [0.4, 0.5) is 0 Å². The fourth-order valence-electron chi connectivity index (χ4n) is 1.38. The van der Waals surface area contributed by atoms with Gasteiger partial charge in [-0.05, 0) is 44.2 Å². The Balaban J connectivity index is 2.77. The van der Waals surface area contributed by atoms with Gasteiger partial charge in [0.15, 0.2) is 0 Å². The van der Waals surface area contributed by atoms with Crippen LogP contribution >= 0.6 is 0 Å². The molecule has 0 bridgehead atoms. The van der Waals surface area contributed by atoms with Gasteiger partial charge in [0.05, 0.1) is 17.1 Å². The van der Waals surface area contributed by atoms with E-state index in [1.54, 1.807) is 6.92 Å². The standard InChI is InChI=1S/C12H18N2O4S/c1-2-18-12(15)10-4-6-11(7-5-10)19(16,17)14-9-3-8-13/h4-7,14H,2-3,8-9,13H2,1H3. The van der Waals surface area contributed by atoms with Crippen molar-refractivity contribution >= 4 is 16.0 Å². The topological polar surface area (TPSA) is 98.5 Å². The van der Waals surface area contributed by atoms with Crippen LogP contribution in [0.1, 0.15) is 23.7 Å². The molecule has 1 rings (SSSR count). The number of benzene rings is 1. The van der Waals surface area contributed by atoms with Gasteiger partial charge in [0.1, 0.15) is 0 Å². The lowest BCUT2D eigenvalue weighted by atomic mass is 10.2. The van der Waals surface area contributed by atoms with Gasteiger partial charge in [0.25, 0.3) is 0 Å². The summed E-state index contributed by atoms with van der Waals surface area (Å²) in [6.07, 6.45) is 0.570. The van der Waals surface area contributed by atoms with Crippen LogP contribution in [0.5, 0.6) is 0 Å². The number of hydrogen-bond acceptors (Lipinski definition) is 5. The summed E-state index contributed by atoms with van der Waals surface area (Å²) in [7, 11) is -3.54. The van der Waals surface area contributed by atoms with E-state index in [1.807, 2.05) is 0 Å². The van der Waals surface area contributed by atoms with Gasteiger partial charge < -0.3 is 10.5 Å². The van der Waals surface area contributed by atoms with Crippen LogP contribution in [0.2, 0.25) is 0 Å². The third kappa shape index (κ3) is 4.62. The van der Waals surface area contributed by atoms with Crippen LogP contribution in [0.25, 0.3) is 0 Å². The first-order chi connectivity index (χ1) is 9.01. The quantitative estimate of drug-likeness (QED) is 0.561. The average molecular weight is 286 g/mol. The molecule has 6 nitrogen and oxygen atoms in total. The van der Waals surface area contributed by atoms with E-state index in [0.717, 1.165) is 0 Å². The molecule has 0 radical (unpaired) electrons. The molecule has 0 aromatic heterocycles. The first-order valence-corrected chi connectivity index (χ1v) is 7.46. The van der Waals surface area contributed by atoms with E-state index in [2.05, 4.69) is 4.72 Å². The number of nitrogens with one attached hydrogen (secondary N) is 1. The third-order valence-corrected chi connectivity index (χ3v) is 3.83. The number of esters is 1. The van der Waals surface area contributed by atoms with E-state index in [0.29, 0.717) is 25.1 Å². The van der Waals surface area contributed by atoms with Crippen molar-refractivity contribution in [3.8, 4) is 0 Å². The van der Waals surface area contributed by atoms with Crippen LogP contribution in [0.15, 0.2) is 29.2 Å². The van der Waals surface area contributed by atoms with Gasteiger partial charge in [-0.3, -0.25) is 0 Å². The number of carbonyl (C=O) groups is 1. The van der Waals surface area contributed by atoms with Gasteiger partial charge in [-0.2, -0.15) is 0 Å². The molecular weight excluding hydrogens is 268 g/mol. The number of sulfonamides is 1. The Morgan fingerprint density at radius 2 is 1.95 bits per heavy atom. The molecule has 1 aromatic rings. The van der Waals surface area contributed by atoms with Crippen molar-refractivity contribution in [2.24, 2.45) is 5.73 Å². The second kappa shape index (κ2) is 7.22. The van der Waals surface area contributed by atoms with Crippen LogP contribution in [0, 0.1) is 0 Å². The normalized spacial score (nSPS) is 11.3. The Morgan fingerprint density at radius 3 is 2.47 bits per heavy atom. The molecule has 0 aliphatic rings. The zero-order chi connectivity index (χ0) is 14.3. The first-order valence-electron chi connectivity index (χ1n) is 5.98. The molecule has 3 N–H and O–H groups in total. The lowest BCUT2D eigenvalue weighted by molar-refractivity contribution is 0.0526. The van der Waals surface area contributed by atoms with Crippen molar-refractivity contribution in [1.82, 2.24) is 4.72 Å². The molecule has 0 aliphatic heterocycles. The number of carbonyl (C=O) groups excluding carboxylic acids is 1. The van der Waals surface area contributed by atoms with Crippen molar-refractivity contribution in [3.05, 3.63) is 29.8 Å². The van der Waals surface area contributed by atoms with Crippen LogP contribution in [-0.2, 0) is 14.8 Å². The van der Waals surface area contributed by atoms with E-state index in [1.165, 1.54) is 24.3 Å². The molecule has 0 heterocycles. The molecule has 0 saturated heterocycles. The highest BCUT2D eigenvalue weighted by atomic mass is 32.2. The largest absolute Gasteiger partial charge is 0.462 e. The lowest BCUT2D eigenvalue weighted by Crippen LogP contribution is -2.26. The smallest absolute Gasteiger partial charge is 0.338 e. The average Bonchev–Trinajstić information content (AvgIpc) is 2.39. The Morgan fingerprint density at radius 1 is 1.32 bits per heavy atom. The van der Waals surface area contributed by atoms with Gasteiger partial charge in [0, 0.05) is 6.54 Å². The second-order valence-electron chi connectivity index (χ2n) is 3.78. The van der Waals surface area contributed by atoms with E-state index in [-0.39, 0.29) is 11.5 Å². The van der Waals surface area contributed by atoms with Crippen LogP contribution in [-0.4, -0.2) is 34.1 Å². The maximum atomic E-state index is 11.8. The molecular formula is C12H18N2O4S. The summed E-state index contributed by atoms with van der Waals surface area (Å²) in [5.41, 5.74) is 5.61. The summed E-state index contributed by atoms with van der Waals surface area (Å²) in [6, 6.07) is 5.60. The summed E-state index contributed by atoms with van der Waals surface area (Å²) in [6.45, 7) is 2.69. The molecule has 0 unspecified atom stereocenters. The summed E-state index contributed by atoms with van der Waals surface area (Å²) < 4.78 is 30.9. The fourth-order valence-corrected chi connectivity index (χ4v) is 2.45. The molecule has 0 aliphatic carbocycles. The van der Waals surface area contributed by atoms with E-state index < -0.39 is 16.0 Å². The van der Waals surface area contributed by atoms with Crippen molar-refractivity contribution in [3.63, 3.8) is 0 Å². The highest BCUT2D eigenvalue weighted by Crippen LogP contribution is 2.11. The molecule has 7 heteroatoms. The van der Waals surface area contributed by atoms with Gasteiger partial charge in [-0.25, -0.2) is 17.9 Å². The third-order valence-electron chi connectivity index (χ3n) is 2.35. The molecule has 0 amide bonds. The van der Waals surface area contributed by atoms with E-state index in [4.69, 9.17) is 10.5 Å². The minimum Gasteiger partial charge on any atom is -0.462 e. The van der Waals surface area contributed by atoms with Crippen LogP contribution in [0.3, 0.4) is 0 Å². The highest BCUT2D eigenvalue weighted by molar-refractivity contribution is 7.89. The van der Waals surface area contributed by atoms with Crippen molar-refractivity contribution < 1.29 is 17.9 Å². The van der Waals surface area contributed by atoms with Crippen molar-refractivity contribution in [2.75, 3.05) is 19.7 Å². The molecule has 0 spiro atoms. The number of hydrogen-bond donors (Lipinski definition) is 2. The Hall–Kier alpha value is -1.44. The maximum absolute atomic E-state index is 11.8. The molecule has 0 saturated carbocycles. The zero-order valence-electron chi connectivity index (χ0n) is 10.8. The Bertz CT molecular complexity index is 511. The van der Waals surface area contributed by atoms with E-state index in [9.17, 15) is 13.2 Å². The predicted molar refractivity (Wildman–Crippen MR) is 71.3 cm³/mol. The summed E-state index contributed by atoms with van der Waals surface area (Å²) in [5.74, 6) is -0.470. The number of ether oxygens (including phenoxy) is 1. The zero-order valence-corrected chi connectivity index (χ0v) is 11.6. The van der Waals surface area contributed by atoms with Gasteiger partial charge in [-0.15, -0.1) is 0 Å². The summed E-state index contributed by atoms with van der Waals surface area (Å²) >= 11 is 0. The predicted octanol–water partition coefficient (Wildman–Crippen LogP) is 0.490. The molecule has 0 fully saturated rings. The fraction of sp³-hybridized carbons (Fsp3) is 0.417. The minimum absolute atomic E-state index is 0.109. The summed E-state index contributed by atoms with van der Waals surface area (Å²) in [4.78, 5) is 11.5. The minimum atomic E-state index is -3.54. The first kappa shape index (κ1) is 15.6. The molecule has 106 valence electrons. The van der Waals surface area contributed by atoms with Gasteiger partial charge in [0.2, 0.25) is 10.0 Å². The number of rotatable bonds is 7. The second-order valence-corrected chi connectivity index (χ2v) is 5.55. The monoisotopic (exact) mass is 286 g/mol. The molecule has 0 atom stereocenters. The Labute approximate surface area is 113 Å². The lowest BCUT2D eigenvalue weighted by Gasteiger charge is -2.07. The number of nitrogens with two attached hydrogens (primary N) is 1. The van der Waals surface area contributed by atoms with E-state index >= 15 is 0 Å². The van der Waals surface area contributed by atoms with Crippen LogP contribution < -0.4 is 10.5 Å². The van der Waals surface area contributed by atoms with Gasteiger partial charge >= 0.3 is 5.97 Å². The SMILES string of the molecule is CCOC(=O)c1ccc(S(=O)(=O)NCCCN)cc1. The van der Waals surface area contributed by atoms with Crippen molar-refractivity contribution in [2.45, 2.75) is 18.2 Å². The molecule has 19 heavy (non-hydrogen) atoms. The highest BCUT2D eigenvalue weighted by Gasteiger charge is 2.14. The van der Waals surface area contributed by atoms with Gasteiger partial charge in [-0.1, -0.05) is 0 Å². The Kier molecular flexibility index (Phi) is 5.94. The maximum Gasteiger partial charge on any atom is 0.338 e. The van der Waals surface area contributed by atoms with Crippen molar-refractivity contribution in [1.29, 1.82) is 0 Å². The molecule has 1 aromatic carbocycles. The summed E-state index contributed by atoms with van der Waals surface area (Å²) in [5, 5.41) is 0.